The van der Waals surface area contributed by atoms with Crippen molar-refractivity contribution in [3.63, 3.8) is 0 Å². The molecule has 1 aliphatic rings. The highest BCUT2D eigenvalue weighted by Gasteiger charge is 2.71. The Morgan fingerprint density at radius 1 is 0.816 bits per heavy atom. The van der Waals surface area contributed by atoms with Crippen LogP contribution in [0, 0.1) is 0 Å². The first kappa shape index (κ1) is 37.6. The summed E-state index contributed by atoms with van der Waals surface area (Å²) in [5.41, 5.74) is -5.83. The van der Waals surface area contributed by atoms with Crippen molar-refractivity contribution in [2.45, 2.75) is 89.4 Å². The van der Waals surface area contributed by atoms with Gasteiger partial charge >= 0.3 is 18.4 Å². The van der Waals surface area contributed by atoms with Crippen molar-refractivity contribution >= 4 is 11.9 Å². The van der Waals surface area contributed by atoms with E-state index in [1.54, 1.807) is 45.0 Å². The standard InChI is InChI=1S/C36H40F6N2O5/c1-4-11-25-21-28(34(47,35(37,38)39)36(40,41)42)22-26(12-5-2)30(25)48-20-10-9-19-44-31(45)33(3,43-32(44)46)27-15-17-29(18-16-27)49-23-24-13-7-6-8-14-24/h6-8,13-18,21-22,47H,4-5,9-12,19-20,23H2,1-3H3,(H,43,46). The third-order valence-corrected chi connectivity index (χ3v) is 8.50. The van der Waals surface area contributed by atoms with Crippen molar-refractivity contribution in [1.82, 2.24) is 10.2 Å². The van der Waals surface area contributed by atoms with Crippen LogP contribution in [0.5, 0.6) is 11.5 Å². The van der Waals surface area contributed by atoms with Gasteiger partial charge in [-0.05, 0) is 79.1 Å². The fourth-order valence-electron chi connectivity index (χ4n) is 5.81. The van der Waals surface area contributed by atoms with Crippen LogP contribution in [-0.4, -0.2) is 47.4 Å². The Morgan fingerprint density at radius 3 is 1.92 bits per heavy atom. The summed E-state index contributed by atoms with van der Waals surface area (Å²) in [4.78, 5) is 27.3. The molecule has 3 amide bonds. The fourth-order valence-corrected chi connectivity index (χ4v) is 5.81. The van der Waals surface area contributed by atoms with Crippen LogP contribution in [0.2, 0.25) is 0 Å². The van der Waals surface area contributed by atoms with Crippen LogP contribution in [-0.2, 0) is 35.4 Å². The molecule has 1 aliphatic heterocycles. The van der Waals surface area contributed by atoms with E-state index in [9.17, 15) is 41.0 Å². The molecule has 0 saturated carbocycles. The number of ether oxygens (including phenoxy) is 2. The number of carbonyl (C=O) groups is 2. The van der Waals surface area contributed by atoms with Gasteiger partial charge in [-0.2, -0.15) is 26.3 Å². The SMILES string of the molecule is CCCc1cc(C(O)(C(F)(F)F)C(F)(F)F)cc(CCC)c1OCCCCN1C(=O)NC(C)(c2ccc(OCc3ccccc3)cc2)C1=O. The molecule has 1 unspecified atom stereocenters. The van der Waals surface area contributed by atoms with Crippen molar-refractivity contribution in [2.75, 3.05) is 13.2 Å². The topological polar surface area (TPSA) is 88.1 Å². The van der Waals surface area contributed by atoms with Crippen molar-refractivity contribution in [2.24, 2.45) is 0 Å². The first-order valence-corrected chi connectivity index (χ1v) is 16.1. The van der Waals surface area contributed by atoms with Crippen molar-refractivity contribution in [3.8, 4) is 11.5 Å². The predicted molar refractivity (Wildman–Crippen MR) is 170 cm³/mol. The molecule has 13 heteroatoms. The molecule has 3 aromatic carbocycles. The lowest BCUT2D eigenvalue weighted by Gasteiger charge is -2.33. The zero-order chi connectivity index (χ0) is 36.0. The third-order valence-electron chi connectivity index (χ3n) is 8.50. The average Bonchev–Trinajstić information content (AvgIpc) is 3.27. The maximum absolute atomic E-state index is 13.7. The number of urea groups is 1. The van der Waals surface area contributed by atoms with Gasteiger partial charge in [-0.25, -0.2) is 4.79 Å². The molecule has 0 spiro atoms. The minimum Gasteiger partial charge on any atom is -0.493 e. The summed E-state index contributed by atoms with van der Waals surface area (Å²) in [5.74, 6) is 0.335. The minimum absolute atomic E-state index is 0.0287. The molecule has 4 rings (SSSR count). The van der Waals surface area contributed by atoms with Gasteiger partial charge in [-0.3, -0.25) is 9.69 Å². The molecule has 3 aromatic rings. The summed E-state index contributed by atoms with van der Waals surface area (Å²) in [6.45, 7) is 5.51. The molecule has 0 aliphatic carbocycles. The summed E-state index contributed by atoms with van der Waals surface area (Å²) < 4.78 is 93.8. The fraction of sp³-hybridized carbons (Fsp3) is 0.444. The zero-order valence-electron chi connectivity index (χ0n) is 27.5. The van der Waals surface area contributed by atoms with Gasteiger partial charge in [0.2, 0.25) is 0 Å². The molecule has 0 bridgehead atoms. The molecule has 266 valence electrons. The van der Waals surface area contributed by atoms with E-state index in [0.717, 1.165) is 22.6 Å². The van der Waals surface area contributed by atoms with Crippen LogP contribution >= 0.6 is 0 Å². The van der Waals surface area contributed by atoms with Gasteiger partial charge in [0.1, 0.15) is 23.6 Å². The van der Waals surface area contributed by atoms with Crippen LogP contribution in [0.1, 0.15) is 74.3 Å². The van der Waals surface area contributed by atoms with Gasteiger partial charge < -0.3 is 19.9 Å². The molecular weight excluding hydrogens is 654 g/mol. The number of hydrogen-bond donors (Lipinski definition) is 2. The van der Waals surface area contributed by atoms with E-state index in [0.29, 0.717) is 43.6 Å². The van der Waals surface area contributed by atoms with Crippen LogP contribution < -0.4 is 14.8 Å². The molecule has 0 radical (unpaired) electrons. The first-order valence-electron chi connectivity index (χ1n) is 16.1. The Morgan fingerprint density at radius 2 is 1.39 bits per heavy atom. The molecule has 1 saturated heterocycles. The number of imide groups is 1. The molecule has 1 fully saturated rings. The predicted octanol–water partition coefficient (Wildman–Crippen LogP) is 8.11. The lowest BCUT2D eigenvalue weighted by Crippen LogP contribution is -2.54. The quantitative estimate of drug-likeness (QED) is 0.0954. The number of nitrogens with one attached hydrogen (secondary N) is 1. The second kappa shape index (κ2) is 15.1. The lowest BCUT2D eigenvalue weighted by atomic mass is 9.87. The number of nitrogens with zero attached hydrogens (tertiary/aromatic N) is 1. The Hall–Kier alpha value is -4.26. The summed E-state index contributed by atoms with van der Waals surface area (Å²) in [5, 5.41) is 12.8. The van der Waals surface area contributed by atoms with Crippen LogP contribution in [0.3, 0.4) is 0 Å². The van der Waals surface area contributed by atoms with E-state index in [-0.39, 0.29) is 42.9 Å². The number of halogens is 6. The molecular formula is C36H40F6N2O5. The van der Waals surface area contributed by atoms with E-state index >= 15 is 0 Å². The summed E-state index contributed by atoms with van der Waals surface area (Å²) in [7, 11) is 0. The Bertz CT molecular complexity index is 1550. The summed E-state index contributed by atoms with van der Waals surface area (Å²) >= 11 is 0. The van der Waals surface area contributed by atoms with Crippen LogP contribution in [0.25, 0.3) is 0 Å². The number of carbonyl (C=O) groups excluding carboxylic acids is 2. The molecule has 49 heavy (non-hydrogen) atoms. The summed E-state index contributed by atoms with van der Waals surface area (Å²) in [6, 6.07) is 17.4. The largest absolute Gasteiger partial charge is 0.493 e. The number of unbranched alkanes of at least 4 members (excludes halogenated alkanes) is 1. The van der Waals surface area contributed by atoms with E-state index in [2.05, 4.69) is 5.32 Å². The van der Waals surface area contributed by atoms with Crippen LogP contribution in [0.15, 0.2) is 66.7 Å². The van der Waals surface area contributed by atoms with Crippen molar-refractivity contribution < 1.29 is 50.5 Å². The molecule has 1 heterocycles. The maximum atomic E-state index is 13.7. The highest BCUT2D eigenvalue weighted by Crippen LogP contribution is 2.51. The number of alkyl halides is 6. The molecule has 1 atom stereocenters. The number of aliphatic hydroxyl groups is 1. The van der Waals surface area contributed by atoms with E-state index < -0.39 is 41.0 Å². The molecule has 0 aromatic heterocycles. The highest BCUT2D eigenvalue weighted by molar-refractivity contribution is 6.07. The van der Waals surface area contributed by atoms with Crippen molar-refractivity contribution in [1.29, 1.82) is 0 Å². The van der Waals surface area contributed by atoms with Crippen molar-refractivity contribution in [3.05, 3.63) is 94.5 Å². The van der Waals surface area contributed by atoms with Gasteiger partial charge in [0.25, 0.3) is 11.5 Å². The number of hydrogen-bond acceptors (Lipinski definition) is 5. The van der Waals surface area contributed by atoms with Gasteiger partial charge in [-0.15, -0.1) is 0 Å². The normalized spacial score (nSPS) is 17.0. The second-order valence-corrected chi connectivity index (χ2v) is 12.2. The van der Waals surface area contributed by atoms with Gasteiger partial charge in [0.05, 0.1) is 6.61 Å². The Kier molecular flexibility index (Phi) is 11.6. The van der Waals surface area contributed by atoms with E-state index in [1.165, 1.54) is 0 Å². The van der Waals surface area contributed by atoms with Gasteiger partial charge in [0.15, 0.2) is 0 Å². The van der Waals surface area contributed by atoms with Gasteiger partial charge in [0, 0.05) is 12.1 Å². The van der Waals surface area contributed by atoms with Gasteiger partial charge in [-0.1, -0.05) is 69.2 Å². The molecule has 7 nitrogen and oxygen atoms in total. The number of benzene rings is 3. The smallest absolute Gasteiger partial charge is 0.430 e. The Balaban J connectivity index is 1.40. The number of amides is 3. The number of rotatable bonds is 15. The monoisotopic (exact) mass is 694 g/mol. The van der Waals surface area contributed by atoms with Crippen LogP contribution in [0.4, 0.5) is 31.1 Å². The zero-order valence-corrected chi connectivity index (χ0v) is 27.5. The second-order valence-electron chi connectivity index (χ2n) is 12.2. The third kappa shape index (κ3) is 7.98. The number of aryl methyl sites for hydroxylation is 2. The van der Waals surface area contributed by atoms with E-state index in [4.69, 9.17) is 9.47 Å². The minimum atomic E-state index is -6.00. The highest BCUT2D eigenvalue weighted by atomic mass is 19.4. The molecule has 2 N–H and O–H groups in total. The maximum Gasteiger partial charge on any atom is 0.430 e. The lowest BCUT2D eigenvalue weighted by molar-refractivity contribution is -0.376. The first-order chi connectivity index (χ1) is 23.1. The Labute approximate surface area is 281 Å². The van der Waals surface area contributed by atoms with E-state index in [1.807, 2.05) is 30.3 Å². The average molecular weight is 695 g/mol. The summed E-state index contributed by atoms with van der Waals surface area (Å²) in [6.07, 6.45) is -10.3.